The van der Waals surface area contributed by atoms with E-state index in [1.165, 1.54) is 20.9 Å². The first-order valence-electron chi connectivity index (χ1n) is 5.71. The Morgan fingerprint density at radius 1 is 1.06 bits per heavy atom. The van der Waals surface area contributed by atoms with Crippen LogP contribution in [0.25, 0.3) is 10.4 Å². The molecule has 1 heterocycles. The molecule has 0 fully saturated rings. The van der Waals surface area contributed by atoms with Crippen LogP contribution in [0.3, 0.4) is 0 Å². The Balaban J connectivity index is 2.21. The number of rotatable bonds is 4. The summed E-state index contributed by atoms with van der Waals surface area (Å²) in [4.78, 5) is 2.71. The standard InChI is InChI=1S/C14H17NS/c1-2-11-3-5-12(6-4-11)14-8-7-13(16-14)9-10-15/h3-8H,2,9-10,15H2,1H3. The van der Waals surface area contributed by atoms with E-state index >= 15 is 0 Å². The third kappa shape index (κ3) is 2.52. The molecule has 0 saturated heterocycles. The van der Waals surface area contributed by atoms with Crippen molar-refractivity contribution < 1.29 is 0 Å². The lowest BCUT2D eigenvalue weighted by Crippen LogP contribution is -2.00. The van der Waals surface area contributed by atoms with Crippen LogP contribution >= 0.6 is 11.3 Å². The molecular weight excluding hydrogens is 214 g/mol. The molecule has 16 heavy (non-hydrogen) atoms. The van der Waals surface area contributed by atoms with Crippen LogP contribution in [0.5, 0.6) is 0 Å². The van der Waals surface area contributed by atoms with Crippen LogP contribution in [0, 0.1) is 0 Å². The predicted octanol–water partition coefficient (Wildman–Crippen LogP) is 3.48. The number of benzene rings is 1. The molecule has 0 atom stereocenters. The first-order chi connectivity index (χ1) is 7.83. The van der Waals surface area contributed by atoms with Crippen LogP contribution in [0.1, 0.15) is 17.4 Å². The van der Waals surface area contributed by atoms with Crippen LogP contribution < -0.4 is 5.73 Å². The second kappa shape index (κ2) is 5.28. The molecule has 1 aromatic heterocycles. The summed E-state index contributed by atoms with van der Waals surface area (Å²) in [6.07, 6.45) is 2.08. The lowest BCUT2D eigenvalue weighted by Gasteiger charge is -1.99. The monoisotopic (exact) mass is 231 g/mol. The molecule has 0 amide bonds. The fourth-order valence-electron chi connectivity index (χ4n) is 1.71. The Kier molecular flexibility index (Phi) is 3.75. The molecular formula is C14H17NS. The molecule has 0 bridgehead atoms. The fourth-order valence-corrected chi connectivity index (χ4v) is 2.74. The predicted molar refractivity (Wildman–Crippen MR) is 71.9 cm³/mol. The summed E-state index contributed by atoms with van der Waals surface area (Å²) in [6.45, 7) is 2.91. The molecule has 2 heteroatoms. The molecule has 2 aromatic rings. The van der Waals surface area contributed by atoms with E-state index in [0.717, 1.165) is 19.4 Å². The van der Waals surface area contributed by atoms with Gasteiger partial charge in [0.2, 0.25) is 0 Å². The number of hydrogen-bond acceptors (Lipinski definition) is 2. The maximum absolute atomic E-state index is 5.55. The minimum absolute atomic E-state index is 0.731. The van der Waals surface area contributed by atoms with Crippen molar-refractivity contribution in [1.82, 2.24) is 0 Å². The van der Waals surface area contributed by atoms with E-state index in [9.17, 15) is 0 Å². The van der Waals surface area contributed by atoms with Crippen molar-refractivity contribution in [3.05, 3.63) is 46.8 Å². The van der Waals surface area contributed by atoms with E-state index in [0.29, 0.717) is 0 Å². The molecule has 0 unspecified atom stereocenters. The number of aryl methyl sites for hydroxylation is 1. The molecule has 2 N–H and O–H groups in total. The molecule has 0 aliphatic carbocycles. The minimum Gasteiger partial charge on any atom is -0.330 e. The van der Waals surface area contributed by atoms with Crippen LogP contribution in [0.2, 0.25) is 0 Å². The molecule has 0 radical (unpaired) electrons. The van der Waals surface area contributed by atoms with Crippen molar-refractivity contribution in [3.8, 4) is 10.4 Å². The largest absolute Gasteiger partial charge is 0.330 e. The summed E-state index contributed by atoms with van der Waals surface area (Å²) in [5.41, 5.74) is 8.25. The average Bonchev–Trinajstić information content (AvgIpc) is 2.78. The van der Waals surface area contributed by atoms with E-state index in [4.69, 9.17) is 5.73 Å². The van der Waals surface area contributed by atoms with Crippen LogP contribution in [-0.2, 0) is 12.8 Å². The van der Waals surface area contributed by atoms with Crippen molar-refractivity contribution in [2.45, 2.75) is 19.8 Å². The van der Waals surface area contributed by atoms with Crippen molar-refractivity contribution >= 4 is 11.3 Å². The smallest absolute Gasteiger partial charge is 0.0345 e. The molecule has 0 aliphatic rings. The Morgan fingerprint density at radius 2 is 1.81 bits per heavy atom. The second-order valence-electron chi connectivity index (χ2n) is 3.86. The van der Waals surface area contributed by atoms with Gasteiger partial charge in [0.15, 0.2) is 0 Å². The zero-order valence-corrected chi connectivity index (χ0v) is 10.4. The average molecular weight is 231 g/mol. The second-order valence-corrected chi connectivity index (χ2v) is 5.02. The highest BCUT2D eigenvalue weighted by Crippen LogP contribution is 2.28. The highest BCUT2D eigenvalue weighted by Gasteiger charge is 2.02. The normalized spacial score (nSPS) is 10.6. The molecule has 0 aliphatic heterocycles. The van der Waals surface area contributed by atoms with Gasteiger partial charge >= 0.3 is 0 Å². The minimum atomic E-state index is 0.731. The van der Waals surface area contributed by atoms with Gasteiger partial charge < -0.3 is 5.73 Å². The first-order valence-corrected chi connectivity index (χ1v) is 6.53. The van der Waals surface area contributed by atoms with Gasteiger partial charge in [0.05, 0.1) is 0 Å². The quantitative estimate of drug-likeness (QED) is 0.856. The van der Waals surface area contributed by atoms with Crippen LogP contribution in [0.4, 0.5) is 0 Å². The molecule has 1 aromatic carbocycles. The van der Waals surface area contributed by atoms with E-state index in [1.807, 2.05) is 11.3 Å². The zero-order chi connectivity index (χ0) is 11.4. The summed E-state index contributed by atoms with van der Waals surface area (Å²) in [5.74, 6) is 0. The molecule has 84 valence electrons. The van der Waals surface area contributed by atoms with Gasteiger partial charge in [0.25, 0.3) is 0 Å². The van der Waals surface area contributed by atoms with E-state index in [-0.39, 0.29) is 0 Å². The SMILES string of the molecule is CCc1ccc(-c2ccc(CCN)s2)cc1. The van der Waals surface area contributed by atoms with Gasteiger partial charge in [-0.2, -0.15) is 0 Å². The number of hydrogen-bond donors (Lipinski definition) is 1. The molecule has 1 nitrogen and oxygen atoms in total. The summed E-state index contributed by atoms with van der Waals surface area (Å²) >= 11 is 1.84. The highest BCUT2D eigenvalue weighted by molar-refractivity contribution is 7.15. The van der Waals surface area contributed by atoms with Crippen LogP contribution in [0.15, 0.2) is 36.4 Å². The summed E-state index contributed by atoms with van der Waals surface area (Å²) in [5, 5.41) is 0. The van der Waals surface area contributed by atoms with Gasteiger partial charge in [-0.15, -0.1) is 11.3 Å². The van der Waals surface area contributed by atoms with E-state index in [1.54, 1.807) is 0 Å². The Hall–Kier alpha value is -1.12. The fraction of sp³-hybridized carbons (Fsp3) is 0.286. The van der Waals surface area contributed by atoms with E-state index in [2.05, 4.69) is 43.3 Å². The molecule has 0 spiro atoms. The Morgan fingerprint density at radius 3 is 2.44 bits per heavy atom. The van der Waals surface area contributed by atoms with Crippen molar-refractivity contribution in [3.63, 3.8) is 0 Å². The lowest BCUT2D eigenvalue weighted by atomic mass is 10.1. The summed E-state index contributed by atoms with van der Waals surface area (Å²) in [7, 11) is 0. The maximum atomic E-state index is 5.55. The number of nitrogens with two attached hydrogens (primary N) is 1. The van der Waals surface area contributed by atoms with Gasteiger partial charge in [0.1, 0.15) is 0 Å². The van der Waals surface area contributed by atoms with Crippen molar-refractivity contribution in [2.75, 3.05) is 6.54 Å². The highest BCUT2D eigenvalue weighted by atomic mass is 32.1. The summed E-state index contributed by atoms with van der Waals surface area (Å²) in [6, 6.07) is 13.2. The Bertz CT molecular complexity index is 442. The third-order valence-electron chi connectivity index (χ3n) is 2.70. The Labute approximate surface area is 101 Å². The maximum Gasteiger partial charge on any atom is 0.0345 e. The van der Waals surface area contributed by atoms with Crippen LogP contribution in [-0.4, -0.2) is 6.54 Å². The zero-order valence-electron chi connectivity index (χ0n) is 9.57. The lowest BCUT2D eigenvalue weighted by molar-refractivity contribution is 0.989. The van der Waals surface area contributed by atoms with Gasteiger partial charge in [-0.1, -0.05) is 31.2 Å². The first kappa shape index (κ1) is 11.4. The third-order valence-corrected chi connectivity index (χ3v) is 3.89. The van der Waals surface area contributed by atoms with Crippen molar-refractivity contribution in [2.24, 2.45) is 5.73 Å². The topological polar surface area (TPSA) is 26.0 Å². The summed E-state index contributed by atoms with van der Waals surface area (Å²) < 4.78 is 0. The van der Waals surface area contributed by atoms with Gasteiger partial charge in [-0.05, 0) is 42.6 Å². The van der Waals surface area contributed by atoms with Gasteiger partial charge in [-0.3, -0.25) is 0 Å². The molecule has 0 saturated carbocycles. The van der Waals surface area contributed by atoms with Crippen molar-refractivity contribution in [1.29, 1.82) is 0 Å². The van der Waals surface area contributed by atoms with Gasteiger partial charge in [0, 0.05) is 9.75 Å². The van der Waals surface area contributed by atoms with E-state index < -0.39 is 0 Å². The van der Waals surface area contributed by atoms with Gasteiger partial charge in [-0.25, -0.2) is 0 Å². The molecule has 2 rings (SSSR count). The number of thiophene rings is 1.